The predicted octanol–water partition coefficient (Wildman–Crippen LogP) is 2.86. The normalized spacial score (nSPS) is 19.1. The van der Waals surface area contributed by atoms with Gasteiger partial charge >= 0.3 is 0 Å². The van der Waals surface area contributed by atoms with Gasteiger partial charge in [-0.05, 0) is 49.9 Å². The number of likely N-dealkylation sites (N-methyl/N-ethyl adjacent to an activating group) is 1. The summed E-state index contributed by atoms with van der Waals surface area (Å²) in [5.74, 6) is -0.111. The summed E-state index contributed by atoms with van der Waals surface area (Å²) < 4.78 is 27.1. The summed E-state index contributed by atoms with van der Waals surface area (Å²) in [6.07, 6.45) is 4.04. The molecule has 128 valence electrons. The number of nitrogens with zero attached hydrogens (tertiary/aromatic N) is 2. The van der Waals surface area contributed by atoms with Crippen LogP contribution in [0.4, 0.5) is 0 Å². The van der Waals surface area contributed by atoms with Crippen LogP contribution in [0, 0.1) is 0 Å². The molecule has 1 aliphatic heterocycles. The molecule has 0 aliphatic carbocycles. The van der Waals surface area contributed by atoms with E-state index in [9.17, 15) is 13.2 Å². The zero-order chi connectivity index (χ0) is 17.0. The highest BCUT2D eigenvalue weighted by Gasteiger charge is 2.29. The van der Waals surface area contributed by atoms with E-state index in [4.69, 9.17) is 0 Å². The first-order chi connectivity index (χ1) is 10.9. The molecule has 1 saturated heterocycles. The lowest BCUT2D eigenvalue weighted by atomic mass is 10.00. The summed E-state index contributed by atoms with van der Waals surface area (Å²) in [6.45, 7) is 2.68. The van der Waals surface area contributed by atoms with Crippen LogP contribution in [-0.2, 0) is 14.8 Å². The Morgan fingerprint density at radius 1 is 1.30 bits per heavy atom. The highest BCUT2D eigenvalue weighted by Crippen LogP contribution is 2.21. The van der Waals surface area contributed by atoms with Gasteiger partial charge in [0.2, 0.25) is 15.9 Å². The van der Waals surface area contributed by atoms with Crippen LogP contribution in [-0.4, -0.2) is 49.7 Å². The molecule has 1 heterocycles. The van der Waals surface area contributed by atoms with E-state index in [2.05, 4.69) is 22.9 Å². The van der Waals surface area contributed by atoms with Crippen molar-refractivity contribution in [1.82, 2.24) is 9.21 Å². The van der Waals surface area contributed by atoms with Crippen LogP contribution in [0.3, 0.4) is 0 Å². The third-order valence-corrected chi connectivity index (χ3v) is 6.64. The molecule has 1 aromatic rings. The van der Waals surface area contributed by atoms with Gasteiger partial charge in [-0.3, -0.25) is 4.79 Å². The molecule has 0 saturated carbocycles. The number of hydrogen-bond acceptors (Lipinski definition) is 3. The molecule has 0 radical (unpaired) electrons. The van der Waals surface area contributed by atoms with Crippen molar-refractivity contribution in [3.63, 3.8) is 0 Å². The molecule has 1 amide bonds. The smallest absolute Gasteiger partial charge is 0.243 e. The first-order valence-corrected chi connectivity index (χ1v) is 10.1. The Morgan fingerprint density at radius 2 is 1.96 bits per heavy atom. The quantitative estimate of drug-likeness (QED) is 0.760. The molecule has 7 heteroatoms. The molecule has 5 nitrogen and oxygen atoms in total. The summed E-state index contributed by atoms with van der Waals surface area (Å²) in [7, 11) is -2.19. The molecule has 2 rings (SSSR count). The number of sulfonamides is 1. The van der Waals surface area contributed by atoms with Gasteiger partial charge in [-0.25, -0.2) is 8.42 Å². The first kappa shape index (κ1) is 18.4. The Balaban J connectivity index is 2.09. The number of rotatable bonds is 5. The van der Waals surface area contributed by atoms with E-state index in [0.717, 1.165) is 41.0 Å². The molecule has 0 spiro atoms. The average Bonchev–Trinajstić information content (AvgIpc) is 2.55. The number of carbonyl (C=O) groups excluding carboxylic acids is 1. The summed E-state index contributed by atoms with van der Waals surface area (Å²) >= 11 is 3.29. The number of carbonyl (C=O) groups is 1. The molecule has 0 bridgehead atoms. The zero-order valence-corrected chi connectivity index (χ0v) is 15.9. The van der Waals surface area contributed by atoms with Crippen molar-refractivity contribution >= 4 is 31.9 Å². The van der Waals surface area contributed by atoms with E-state index in [1.807, 2.05) is 4.90 Å². The Kier molecular flexibility index (Phi) is 6.22. The van der Waals surface area contributed by atoms with Crippen LogP contribution in [0.15, 0.2) is 33.6 Å². The Labute approximate surface area is 146 Å². The fourth-order valence-corrected chi connectivity index (χ4v) is 4.29. The number of amides is 1. The average molecular weight is 403 g/mol. The van der Waals surface area contributed by atoms with E-state index in [1.165, 1.54) is 19.2 Å². The summed E-state index contributed by atoms with van der Waals surface area (Å²) in [5.41, 5.74) is 0. The largest absolute Gasteiger partial charge is 0.339 e. The predicted molar refractivity (Wildman–Crippen MR) is 93.6 cm³/mol. The van der Waals surface area contributed by atoms with Gasteiger partial charge in [0.15, 0.2) is 0 Å². The molecule has 1 aliphatic rings. The van der Waals surface area contributed by atoms with Gasteiger partial charge < -0.3 is 4.90 Å². The van der Waals surface area contributed by atoms with Crippen molar-refractivity contribution in [2.75, 3.05) is 20.1 Å². The van der Waals surface area contributed by atoms with E-state index < -0.39 is 10.0 Å². The second-order valence-electron chi connectivity index (χ2n) is 5.86. The van der Waals surface area contributed by atoms with Crippen molar-refractivity contribution in [2.45, 2.75) is 43.5 Å². The second kappa shape index (κ2) is 7.77. The van der Waals surface area contributed by atoms with Crippen LogP contribution in [0.5, 0.6) is 0 Å². The molecule has 1 unspecified atom stereocenters. The molecule has 0 N–H and O–H groups in total. The van der Waals surface area contributed by atoms with E-state index >= 15 is 0 Å². The summed E-state index contributed by atoms with van der Waals surface area (Å²) in [5, 5.41) is 0. The zero-order valence-electron chi connectivity index (χ0n) is 13.5. The molecular weight excluding hydrogens is 380 g/mol. The van der Waals surface area contributed by atoms with Gasteiger partial charge in [0, 0.05) is 24.1 Å². The molecule has 0 aromatic heterocycles. The van der Waals surface area contributed by atoms with Crippen LogP contribution in [0.25, 0.3) is 0 Å². The van der Waals surface area contributed by atoms with Crippen LogP contribution in [0.2, 0.25) is 0 Å². The van der Waals surface area contributed by atoms with Gasteiger partial charge in [-0.1, -0.05) is 22.9 Å². The third-order valence-electron chi connectivity index (χ3n) is 4.30. The number of likely N-dealkylation sites (tertiary alicyclic amines) is 1. The molecular formula is C16H23BrN2O3S. The standard InChI is InChI=1S/C16H23BrN2O3S/c1-3-14-6-4-5-11-19(14)16(20)12-18(2)23(21,22)15-9-7-13(17)8-10-15/h7-10,14H,3-6,11-12H2,1-2H3. The Bertz CT molecular complexity index is 646. The van der Waals surface area contributed by atoms with Crippen molar-refractivity contribution in [3.8, 4) is 0 Å². The maximum atomic E-state index is 12.6. The molecule has 1 fully saturated rings. The number of halogens is 1. The molecule has 1 atom stereocenters. The number of piperidine rings is 1. The molecule has 1 aromatic carbocycles. The van der Waals surface area contributed by atoms with Crippen molar-refractivity contribution < 1.29 is 13.2 Å². The third kappa shape index (κ3) is 4.33. The number of benzene rings is 1. The topological polar surface area (TPSA) is 57.7 Å². The SMILES string of the molecule is CCC1CCCCN1C(=O)CN(C)S(=O)(=O)c1ccc(Br)cc1. The van der Waals surface area contributed by atoms with Crippen LogP contribution in [0.1, 0.15) is 32.6 Å². The molecule has 23 heavy (non-hydrogen) atoms. The highest BCUT2D eigenvalue weighted by molar-refractivity contribution is 9.10. The van der Waals surface area contributed by atoms with E-state index in [1.54, 1.807) is 12.1 Å². The first-order valence-electron chi connectivity index (χ1n) is 7.87. The second-order valence-corrected chi connectivity index (χ2v) is 8.82. The fourth-order valence-electron chi connectivity index (χ4n) is 2.91. The Morgan fingerprint density at radius 3 is 2.57 bits per heavy atom. The monoisotopic (exact) mass is 402 g/mol. The summed E-state index contributed by atoms with van der Waals surface area (Å²) in [4.78, 5) is 14.6. The van der Waals surface area contributed by atoms with Gasteiger partial charge in [0.05, 0.1) is 11.4 Å². The minimum atomic E-state index is -3.65. The lowest BCUT2D eigenvalue weighted by Crippen LogP contribution is -2.48. The fraction of sp³-hybridized carbons (Fsp3) is 0.562. The van der Waals surface area contributed by atoms with Crippen LogP contribution < -0.4 is 0 Å². The van der Waals surface area contributed by atoms with Gasteiger partial charge in [-0.2, -0.15) is 4.31 Å². The maximum Gasteiger partial charge on any atom is 0.243 e. The minimum Gasteiger partial charge on any atom is -0.339 e. The van der Waals surface area contributed by atoms with Crippen molar-refractivity contribution in [2.24, 2.45) is 0 Å². The van der Waals surface area contributed by atoms with Gasteiger partial charge in [0.1, 0.15) is 0 Å². The van der Waals surface area contributed by atoms with Crippen molar-refractivity contribution in [3.05, 3.63) is 28.7 Å². The van der Waals surface area contributed by atoms with E-state index in [0.29, 0.717) is 0 Å². The highest BCUT2D eigenvalue weighted by atomic mass is 79.9. The van der Waals surface area contributed by atoms with Gasteiger partial charge in [0.25, 0.3) is 0 Å². The van der Waals surface area contributed by atoms with Crippen molar-refractivity contribution in [1.29, 1.82) is 0 Å². The maximum absolute atomic E-state index is 12.6. The lowest BCUT2D eigenvalue weighted by molar-refractivity contribution is -0.134. The number of hydrogen-bond donors (Lipinski definition) is 0. The summed E-state index contributed by atoms with van der Waals surface area (Å²) in [6, 6.07) is 6.67. The minimum absolute atomic E-state index is 0.111. The van der Waals surface area contributed by atoms with Gasteiger partial charge in [-0.15, -0.1) is 0 Å². The Hall–Kier alpha value is -0.920. The van der Waals surface area contributed by atoms with Crippen LogP contribution >= 0.6 is 15.9 Å². The lowest BCUT2D eigenvalue weighted by Gasteiger charge is -2.36. The van der Waals surface area contributed by atoms with E-state index in [-0.39, 0.29) is 23.4 Å².